The van der Waals surface area contributed by atoms with Gasteiger partial charge in [0.05, 0.1) is 17.3 Å². The van der Waals surface area contributed by atoms with Gasteiger partial charge in [0.25, 0.3) is 0 Å². The van der Waals surface area contributed by atoms with Crippen molar-refractivity contribution in [1.82, 2.24) is 9.55 Å². The Morgan fingerprint density at radius 2 is 2.25 bits per heavy atom. The first-order chi connectivity index (χ1) is 7.63. The van der Waals surface area contributed by atoms with Gasteiger partial charge in [-0.2, -0.15) is 5.26 Å². The Hall–Kier alpha value is -1.93. The van der Waals surface area contributed by atoms with Gasteiger partial charge in [-0.1, -0.05) is 0 Å². The summed E-state index contributed by atoms with van der Waals surface area (Å²) in [6.45, 7) is 1.82. The SMILES string of the molecule is Cc1c[nH]c(=S)n1-c1ccc(C#N)cc1F. The van der Waals surface area contributed by atoms with Crippen LogP contribution < -0.4 is 0 Å². The molecule has 80 valence electrons. The standard InChI is InChI=1S/C11H8FN3S/c1-7-6-14-11(16)15(7)10-3-2-8(5-13)4-9(10)12/h2-4,6H,1H3,(H,14,16). The highest BCUT2D eigenvalue weighted by atomic mass is 32.1. The van der Waals surface area contributed by atoms with Crippen molar-refractivity contribution in [2.75, 3.05) is 0 Å². The van der Waals surface area contributed by atoms with Crippen molar-refractivity contribution in [2.24, 2.45) is 0 Å². The molecule has 0 aliphatic carbocycles. The zero-order valence-corrected chi connectivity index (χ0v) is 9.31. The number of halogens is 1. The maximum Gasteiger partial charge on any atom is 0.182 e. The van der Waals surface area contributed by atoms with E-state index in [2.05, 4.69) is 4.98 Å². The van der Waals surface area contributed by atoms with Crippen LogP contribution in [-0.4, -0.2) is 9.55 Å². The van der Waals surface area contributed by atoms with Crippen molar-refractivity contribution >= 4 is 12.2 Å². The Morgan fingerprint density at radius 1 is 1.50 bits per heavy atom. The minimum Gasteiger partial charge on any atom is -0.337 e. The molecule has 1 N–H and O–H groups in total. The van der Waals surface area contributed by atoms with E-state index >= 15 is 0 Å². The van der Waals surface area contributed by atoms with Crippen molar-refractivity contribution < 1.29 is 4.39 Å². The number of benzene rings is 1. The molecule has 2 aromatic rings. The summed E-state index contributed by atoms with van der Waals surface area (Å²) >= 11 is 5.05. The topological polar surface area (TPSA) is 44.5 Å². The Kier molecular flexibility index (Phi) is 2.59. The van der Waals surface area contributed by atoms with Gasteiger partial charge in [0.15, 0.2) is 4.77 Å². The second-order valence-corrected chi connectivity index (χ2v) is 3.74. The number of nitrogens with zero attached hydrogens (tertiary/aromatic N) is 2. The third-order valence-corrected chi connectivity index (χ3v) is 2.58. The fraction of sp³-hybridized carbons (Fsp3) is 0.0909. The number of imidazole rings is 1. The first-order valence-corrected chi connectivity index (χ1v) is 5.01. The molecule has 0 spiro atoms. The average Bonchev–Trinajstić information content (AvgIpc) is 2.59. The number of rotatable bonds is 1. The molecule has 5 heteroatoms. The number of nitriles is 1. The highest BCUT2D eigenvalue weighted by molar-refractivity contribution is 7.71. The van der Waals surface area contributed by atoms with Crippen LogP contribution in [-0.2, 0) is 0 Å². The largest absolute Gasteiger partial charge is 0.337 e. The predicted octanol–water partition coefficient (Wildman–Crippen LogP) is 2.85. The monoisotopic (exact) mass is 233 g/mol. The van der Waals surface area contributed by atoms with Crippen LogP contribution in [0.2, 0.25) is 0 Å². The number of nitrogens with one attached hydrogen (secondary N) is 1. The van der Waals surface area contributed by atoms with E-state index in [0.29, 0.717) is 16.0 Å². The third-order valence-electron chi connectivity index (χ3n) is 2.28. The molecule has 0 aliphatic rings. The fourth-order valence-electron chi connectivity index (χ4n) is 1.51. The molecule has 0 saturated heterocycles. The van der Waals surface area contributed by atoms with Gasteiger partial charge in [0, 0.05) is 11.9 Å². The van der Waals surface area contributed by atoms with E-state index in [1.165, 1.54) is 6.07 Å². The maximum absolute atomic E-state index is 13.7. The number of hydrogen-bond acceptors (Lipinski definition) is 2. The number of hydrogen-bond donors (Lipinski definition) is 1. The van der Waals surface area contributed by atoms with Crippen LogP contribution in [0.15, 0.2) is 24.4 Å². The van der Waals surface area contributed by atoms with E-state index in [1.807, 2.05) is 13.0 Å². The third kappa shape index (κ3) is 1.64. The van der Waals surface area contributed by atoms with Gasteiger partial charge in [-0.25, -0.2) is 4.39 Å². The van der Waals surface area contributed by atoms with Crippen LogP contribution in [0.3, 0.4) is 0 Å². The molecule has 3 nitrogen and oxygen atoms in total. The molecule has 0 aliphatic heterocycles. The first kappa shape index (κ1) is 10.6. The van der Waals surface area contributed by atoms with Crippen LogP contribution in [0, 0.1) is 28.8 Å². The molecule has 1 aromatic heterocycles. The molecule has 0 radical (unpaired) electrons. The van der Waals surface area contributed by atoms with Gasteiger partial charge in [0.1, 0.15) is 5.82 Å². The van der Waals surface area contributed by atoms with Gasteiger partial charge < -0.3 is 4.98 Å². The van der Waals surface area contributed by atoms with Crippen molar-refractivity contribution in [3.8, 4) is 11.8 Å². The lowest BCUT2D eigenvalue weighted by Crippen LogP contribution is -2.00. The van der Waals surface area contributed by atoms with Gasteiger partial charge in [0.2, 0.25) is 0 Å². The van der Waals surface area contributed by atoms with E-state index < -0.39 is 5.82 Å². The van der Waals surface area contributed by atoms with Crippen molar-refractivity contribution in [1.29, 1.82) is 5.26 Å². The van der Waals surface area contributed by atoms with Gasteiger partial charge >= 0.3 is 0 Å². The molecule has 16 heavy (non-hydrogen) atoms. The second kappa shape index (κ2) is 3.91. The molecule has 2 rings (SSSR count). The minimum absolute atomic E-state index is 0.293. The predicted molar refractivity (Wildman–Crippen MR) is 60.4 cm³/mol. The van der Waals surface area contributed by atoms with E-state index in [4.69, 9.17) is 17.5 Å². The van der Waals surface area contributed by atoms with Crippen LogP contribution in [0.25, 0.3) is 5.69 Å². The van der Waals surface area contributed by atoms with E-state index in [0.717, 1.165) is 5.69 Å². The zero-order valence-electron chi connectivity index (χ0n) is 8.49. The van der Waals surface area contributed by atoms with Gasteiger partial charge in [-0.15, -0.1) is 0 Å². The summed E-state index contributed by atoms with van der Waals surface area (Å²) in [4.78, 5) is 2.84. The van der Waals surface area contributed by atoms with Gasteiger partial charge in [-0.3, -0.25) is 4.57 Å². The average molecular weight is 233 g/mol. The normalized spacial score (nSPS) is 10.1. The lowest BCUT2D eigenvalue weighted by atomic mass is 10.2. The van der Waals surface area contributed by atoms with E-state index in [9.17, 15) is 4.39 Å². The molecular weight excluding hydrogens is 225 g/mol. The highest BCUT2D eigenvalue weighted by Gasteiger charge is 2.08. The quantitative estimate of drug-likeness (QED) is 0.770. The van der Waals surface area contributed by atoms with Crippen molar-refractivity contribution in [3.05, 3.63) is 46.2 Å². The van der Waals surface area contributed by atoms with Crippen LogP contribution in [0.1, 0.15) is 11.3 Å². The van der Waals surface area contributed by atoms with Crippen LogP contribution >= 0.6 is 12.2 Å². The first-order valence-electron chi connectivity index (χ1n) is 4.60. The van der Waals surface area contributed by atoms with Crippen molar-refractivity contribution in [3.63, 3.8) is 0 Å². The Morgan fingerprint density at radius 3 is 2.75 bits per heavy atom. The van der Waals surface area contributed by atoms with E-state index in [-0.39, 0.29) is 0 Å². The smallest absolute Gasteiger partial charge is 0.182 e. The lowest BCUT2D eigenvalue weighted by molar-refractivity contribution is 0.615. The molecular formula is C11H8FN3S. The number of aryl methyl sites for hydroxylation is 1. The molecule has 0 bridgehead atoms. The molecule has 0 fully saturated rings. The molecule has 0 amide bonds. The molecule has 0 atom stereocenters. The maximum atomic E-state index is 13.7. The zero-order chi connectivity index (χ0) is 11.7. The Bertz CT molecular complexity index is 633. The second-order valence-electron chi connectivity index (χ2n) is 3.35. The van der Waals surface area contributed by atoms with Crippen molar-refractivity contribution in [2.45, 2.75) is 6.92 Å². The molecule has 0 unspecified atom stereocenters. The Labute approximate surface area is 96.8 Å². The summed E-state index contributed by atoms with van der Waals surface area (Å²) in [6, 6.07) is 6.19. The summed E-state index contributed by atoms with van der Waals surface area (Å²) in [6.07, 6.45) is 1.71. The fourth-order valence-corrected chi connectivity index (χ4v) is 1.81. The number of H-pyrrole nitrogens is 1. The van der Waals surface area contributed by atoms with Crippen LogP contribution in [0.5, 0.6) is 0 Å². The highest BCUT2D eigenvalue weighted by Crippen LogP contribution is 2.17. The number of aromatic nitrogens is 2. The summed E-state index contributed by atoms with van der Waals surface area (Å²) in [5, 5.41) is 8.64. The molecule has 1 heterocycles. The lowest BCUT2D eigenvalue weighted by Gasteiger charge is -2.06. The molecule has 0 saturated carbocycles. The Balaban J connectivity index is 2.67. The molecule has 1 aromatic carbocycles. The summed E-state index contributed by atoms with van der Waals surface area (Å²) in [5.74, 6) is -0.460. The summed E-state index contributed by atoms with van der Waals surface area (Å²) < 4.78 is 15.7. The van der Waals surface area contributed by atoms with E-state index in [1.54, 1.807) is 22.9 Å². The summed E-state index contributed by atoms with van der Waals surface area (Å²) in [7, 11) is 0. The van der Waals surface area contributed by atoms with Gasteiger partial charge in [-0.05, 0) is 37.3 Å². The summed E-state index contributed by atoms with van der Waals surface area (Å²) in [5.41, 5.74) is 1.46. The number of aromatic amines is 1. The minimum atomic E-state index is -0.460. The van der Waals surface area contributed by atoms with Crippen LogP contribution in [0.4, 0.5) is 4.39 Å².